The summed E-state index contributed by atoms with van der Waals surface area (Å²) < 4.78 is 5.14. The highest BCUT2D eigenvalue weighted by molar-refractivity contribution is 8.48. The first kappa shape index (κ1) is 7.28. The molecule has 52 valence electrons. The van der Waals surface area contributed by atoms with Crippen LogP contribution < -0.4 is 0 Å². The van der Waals surface area contributed by atoms with Gasteiger partial charge in [0, 0.05) is 8.47 Å². The molecule has 0 saturated heterocycles. The Bertz CT molecular complexity index is 204. The molecule has 2 rings (SSSR count). The van der Waals surface area contributed by atoms with Crippen LogP contribution in [0.5, 0.6) is 0 Å². The quantitative estimate of drug-likeness (QED) is 0.584. The summed E-state index contributed by atoms with van der Waals surface area (Å²) in [7, 11) is 0. The Balaban J connectivity index is 2.24. The summed E-state index contributed by atoms with van der Waals surface area (Å²) in [5.74, 6) is 0. The van der Waals surface area contributed by atoms with Gasteiger partial charge in [-0.1, -0.05) is 60.2 Å². The predicted octanol–water partition coefficient (Wildman–Crippen LogP) is 4.02. The van der Waals surface area contributed by atoms with Crippen LogP contribution in [0.3, 0.4) is 0 Å². The van der Waals surface area contributed by atoms with E-state index >= 15 is 0 Å². The molecule has 0 aliphatic carbocycles. The lowest BCUT2D eigenvalue weighted by Crippen LogP contribution is -1.57. The Labute approximate surface area is 77.0 Å². The fourth-order valence-corrected chi connectivity index (χ4v) is 6.33. The van der Waals surface area contributed by atoms with Crippen molar-refractivity contribution in [2.75, 3.05) is 0 Å². The van der Waals surface area contributed by atoms with Crippen molar-refractivity contribution in [2.24, 2.45) is 0 Å². The molecule has 0 saturated carbocycles. The minimum atomic E-state index is 1.19. The largest absolute Gasteiger partial charge is 0.0781 e. The second-order valence-electron chi connectivity index (χ2n) is 1.73. The fourth-order valence-electron chi connectivity index (χ4n) is 0.664. The van der Waals surface area contributed by atoms with E-state index < -0.39 is 0 Å². The maximum absolute atomic E-state index is 3.89. The zero-order valence-corrected chi connectivity index (χ0v) is 8.31. The Kier molecular flexibility index (Phi) is 1.88. The van der Waals surface area contributed by atoms with Gasteiger partial charge in [-0.3, -0.25) is 0 Å². The van der Waals surface area contributed by atoms with Crippen LogP contribution in [0.15, 0.2) is 30.1 Å². The van der Waals surface area contributed by atoms with E-state index in [1.54, 1.807) is 47.0 Å². The van der Waals surface area contributed by atoms with Gasteiger partial charge in [-0.15, -0.1) is 0 Å². The van der Waals surface area contributed by atoms with E-state index in [-0.39, 0.29) is 0 Å². The van der Waals surface area contributed by atoms with Gasteiger partial charge in [0.1, 0.15) is 0 Å². The van der Waals surface area contributed by atoms with E-state index in [0.29, 0.717) is 0 Å². The van der Waals surface area contributed by atoms with E-state index in [1.165, 1.54) is 16.9 Å². The molecule has 0 bridgehead atoms. The van der Waals surface area contributed by atoms with Gasteiger partial charge >= 0.3 is 0 Å². The molecular weight excluding hydrogens is 200 g/mol. The lowest BCUT2D eigenvalue weighted by Gasteiger charge is -1.96. The fraction of sp³-hybridized carbons (Fsp3) is 0. The second kappa shape index (κ2) is 2.59. The molecule has 0 radical (unpaired) electrons. The van der Waals surface area contributed by atoms with E-state index in [9.17, 15) is 0 Å². The standard InChI is InChI=1S/C6H4S4/c1-3-7-5-6(8-3)10-4(2)9-5/h1-2H2. The summed E-state index contributed by atoms with van der Waals surface area (Å²) in [5.41, 5.74) is 0. The summed E-state index contributed by atoms with van der Waals surface area (Å²) in [6.45, 7) is 7.78. The summed E-state index contributed by atoms with van der Waals surface area (Å²) >= 11 is 7.08. The van der Waals surface area contributed by atoms with Crippen molar-refractivity contribution in [2.45, 2.75) is 0 Å². The first-order valence-electron chi connectivity index (χ1n) is 2.59. The first-order valence-corrected chi connectivity index (χ1v) is 5.86. The molecule has 0 aromatic rings. The third kappa shape index (κ3) is 1.18. The van der Waals surface area contributed by atoms with Gasteiger partial charge in [0.25, 0.3) is 0 Å². The molecule has 0 spiro atoms. The van der Waals surface area contributed by atoms with Crippen LogP contribution in [0.2, 0.25) is 0 Å². The van der Waals surface area contributed by atoms with Gasteiger partial charge in [0.15, 0.2) is 0 Å². The topological polar surface area (TPSA) is 0 Å². The third-order valence-corrected chi connectivity index (χ3v) is 5.98. The molecule has 0 aromatic carbocycles. The number of hydrogen-bond donors (Lipinski definition) is 0. The van der Waals surface area contributed by atoms with Crippen LogP contribution in [0.25, 0.3) is 0 Å². The Hall–Kier alpha value is 0.620. The molecule has 2 aliphatic heterocycles. The number of rotatable bonds is 0. The molecule has 2 aliphatic rings. The Morgan fingerprint density at radius 1 is 0.700 bits per heavy atom. The average molecular weight is 204 g/mol. The second-order valence-corrected chi connectivity index (χ2v) is 7.18. The molecule has 0 N–H and O–H groups in total. The highest BCUT2D eigenvalue weighted by Gasteiger charge is 2.27. The molecule has 0 aromatic heterocycles. The van der Waals surface area contributed by atoms with Crippen LogP contribution in [0, 0.1) is 0 Å². The molecule has 0 unspecified atom stereocenters. The summed E-state index contributed by atoms with van der Waals surface area (Å²) in [5, 5.41) is 0. The highest BCUT2D eigenvalue weighted by Crippen LogP contribution is 2.65. The highest BCUT2D eigenvalue weighted by atomic mass is 32.3. The van der Waals surface area contributed by atoms with Gasteiger partial charge in [-0.25, -0.2) is 0 Å². The van der Waals surface area contributed by atoms with Crippen molar-refractivity contribution in [1.29, 1.82) is 0 Å². The van der Waals surface area contributed by atoms with Crippen LogP contribution in [0.1, 0.15) is 0 Å². The lowest BCUT2D eigenvalue weighted by atomic mass is 11.2. The molecular formula is C6H4S4. The molecule has 0 amide bonds. The van der Waals surface area contributed by atoms with Crippen molar-refractivity contribution in [1.82, 2.24) is 0 Å². The van der Waals surface area contributed by atoms with Crippen molar-refractivity contribution in [3.05, 3.63) is 30.1 Å². The van der Waals surface area contributed by atoms with Crippen LogP contribution in [-0.2, 0) is 0 Å². The molecule has 0 atom stereocenters. The SMILES string of the molecule is C=C1SC2=C(S1)SC(=C)S2. The van der Waals surface area contributed by atoms with E-state index in [2.05, 4.69) is 13.2 Å². The van der Waals surface area contributed by atoms with Crippen molar-refractivity contribution < 1.29 is 0 Å². The Morgan fingerprint density at radius 2 is 1.00 bits per heavy atom. The lowest BCUT2D eigenvalue weighted by molar-refractivity contribution is 2.42. The monoisotopic (exact) mass is 204 g/mol. The molecule has 2 heterocycles. The van der Waals surface area contributed by atoms with Gasteiger partial charge < -0.3 is 0 Å². The number of thioether (sulfide) groups is 4. The molecule has 10 heavy (non-hydrogen) atoms. The summed E-state index contributed by atoms with van der Waals surface area (Å²) in [4.78, 5) is 0. The van der Waals surface area contributed by atoms with Crippen LogP contribution in [-0.4, -0.2) is 0 Å². The zero-order chi connectivity index (χ0) is 7.14. The van der Waals surface area contributed by atoms with Crippen LogP contribution in [0.4, 0.5) is 0 Å². The number of hydrogen-bond acceptors (Lipinski definition) is 4. The van der Waals surface area contributed by atoms with Gasteiger partial charge in [-0.05, 0) is 0 Å². The third-order valence-electron chi connectivity index (χ3n) is 0.993. The minimum Gasteiger partial charge on any atom is -0.0781 e. The van der Waals surface area contributed by atoms with Crippen molar-refractivity contribution in [3.63, 3.8) is 0 Å². The van der Waals surface area contributed by atoms with E-state index in [1.807, 2.05) is 0 Å². The van der Waals surface area contributed by atoms with E-state index in [0.717, 1.165) is 0 Å². The molecule has 0 nitrogen and oxygen atoms in total. The summed E-state index contributed by atoms with van der Waals surface area (Å²) in [6.07, 6.45) is 0. The maximum Gasteiger partial charge on any atom is 0.0716 e. The van der Waals surface area contributed by atoms with Crippen molar-refractivity contribution in [3.8, 4) is 0 Å². The Morgan fingerprint density at radius 3 is 1.30 bits per heavy atom. The average Bonchev–Trinajstić information content (AvgIpc) is 2.21. The predicted molar refractivity (Wildman–Crippen MR) is 55.7 cm³/mol. The minimum absolute atomic E-state index is 1.19. The zero-order valence-electron chi connectivity index (χ0n) is 5.05. The van der Waals surface area contributed by atoms with Crippen molar-refractivity contribution >= 4 is 47.0 Å². The van der Waals surface area contributed by atoms with Gasteiger partial charge in [-0.2, -0.15) is 0 Å². The van der Waals surface area contributed by atoms with Gasteiger partial charge in [0.2, 0.25) is 0 Å². The maximum atomic E-state index is 3.89. The van der Waals surface area contributed by atoms with E-state index in [4.69, 9.17) is 0 Å². The summed E-state index contributed by atoms with van der Waals surface area (Å²) in [6, 6.07) is 0. The van der Waals surface area contributed by atoms with Crippen LogP contribution >= 0.6 is 47.0 Å². The molecule has 4 heteroatoms. The van der Waals surface area contributed by atoms with Gasteiger partial charge in [0.05, 0.1) is 8.47 Å². The smallest absolute Gasteiger partial charge is 0.0716 e. The normalized spacial score (nSPS) is 24.4. The molecule has 0 fully saturated rings. The first-order chi connectivity index (χ1) is 4.75.